The number of hydrogen-bond donors (Lipinski definition) is 5. The van der Waals surface area contributed by atoms with Crippen LogP contribution in [0.25, 0.3) is 0 Å². The lowest BCUT2D eigenvalue weighted by Gasteiger charge is -2.19. The van der Waals surface area contributed by atoms with Crippen LogP contribution in [0, 0.1) is 0 Å². The molecule has 0 saturated carbocycles. The Bertz CT molecular complexity index is 480. The van der Waals surface area contributed by atoms with E-state index in [9.17, 15) is 14.7 Å². The molecule has 0 bridgehead atoms. The number of amides is 1. The number of aromatic hydroxyl groups is 1. The summed E-state index contributed by atoms with van der Waals surface area (Å²) in [5.74, 6) is -1.55. The third kappa shape index (κ3) is 5.62. The number of nitrogens with one attached hydrogen (secondary N) is 2. The van der Waals surface area contributed by atoms with E-state index in [1.54, 1.807) is 12.1 Å². The standard InChI is InChI=1S/C13H18N2O5S/c1-20-15-10(6-8-2-4-9(16)5-3-8)12(17)14-11(7-21)13(18)19/h2-5,10-11,15-16,21H,6-7H2,1H3,(H,14,17)(H,18,19)/t10-,11-/m0/s1. The lowest BCUT2D eigenvalue weighted by molar-refractivity contribution is -0.142. The van der Waals surface area contributed by atoms with Gasteiger partial charge in [-0.15, -0.1) is 0 Å². The molecule has 0 aliphatic carbocycles. The molecule has 1 amide bonds. The van der Waals surface area contributed by atoms with Gasteiger partial charge in [-0.2, -0.15) is 18.1 Å². The zero-order chi connectivity index (χ0) is 15.8. The van der Waals surface area contributed by atoms with Crippen LogP contribution in [0.4, 0.5) is 0 Å². The van der Waals surface area contributed by atoms with Crippen LogP contribution in [0.1, 0.15) is 5.56 Å². The first-order chi connectivity index (χ1) is 9.97. The first-order valence-electron chi connectivity index (χ1n) is 6.18. The van der Waals surface area contributed by atoms with Crippen LogP contribution < -0.4 is 10.8 Å². The van der Waals surface area contributed by atoms with Crippen LogP contribution in [0.3, 0.4) is 0 Å². The van der Waals surface area contributed by atoms with E-state index < -0.39 is 24.0 Å². The van der Waals surface area contributed by atoms with E-state index in [1.807, 2.05) is 0 Å². The SMILES string of the molecule is CON[C@@H](Cc1ccc(O)cc1)C(=O)N[C@@H](CS)C(=O)O. The minimum Gasteiger partial charge on any atom is -0.508 e. The molecule has 7 nitrogen and oxygen atoms in total. The predicted molar refractivity (Wildman–Crippen MR) is 79.2 cm³/mol. The molecule has 0 aromatic heterocycles. The van der Waals surface area contributed by atoms with Crippen molar-refractivity contribution in [1.82, 2.24) is 10.8 Å². The number of carboxylic acid groups (broad SMARTS) is 1. The van der Waals surface area contributed by atoms with Crippen molar-refractivity contribution in [2.24, 2.45) is 0 Å². The van der Waals surface area contributed by atoms with E-state index in [0.717, 1.165) is 5.56 Å². The van der Waals surface area contributed by atoms with Gasteiger partial charge in [0.25, 0.3) is 0 Å². The Morgan fingerprint density at radius 3 is 2.38 bits per heavy atom. The molecule has 0 aliphatic heterocycles. The number of benzene rings is 1. The van der Waals surface area contributed by atoms with E-state index in [2.05, 4.69) is 23.4 Å². The van der Waals surface area contributed by atoms with Crippen LogP contribution in [0.2, 0.25) is 0 Å². The summed E-state index contributed by atoms with van der Waals surface area (Å²) in [7, 11) is 1.37. The summed E-state index contributed by atoms with van der Waals surface area (Å²) in [5.41, 5.74) is 3.31. The maximum Gasteiger partial charge on any atom is 0.327 e. The number of phenols is 1. The fraction of sp³-hybridized carbons (Fsp3) is 0.385. The largest absolute Gasteiger partial charge is 0.508 e. The number of thiol groups is 1. The van der Waals surface area contributed by atoms with Gasteiger partial charge in [0, 0.05) is 5.75 Å². The van der Waals surface area contributed by atoms with Crippen molar-refractivity contribution < 1.29 is 24.6 Å². The molecule has 116 valence electrons. The number of carbonyl (C=O) groups is 2. The van der Waals surface area contributed by atoms with Crippen LogP contribution in [-0.2, 0) is 20.8 Å². The number of carboxylic acids is 1. The smallest absolute Gasteiger partial charge is 0.327 e. The van der Waals surface area contributed by atoms with Crippen molar-refractivity contribution in [3.63, 3.8) is 0 Å². The van der Waals surface area contributed by atoms with Crippen molar-refractivity contribution in [2.75, 3.05) is 12.9 Å². The van der Waals surface area contributed by atoms with Gasteiger partial charge in [-0.3, -0.25) is 4.79 Å². The summed E-state index contributed by atoms with van der Waals surface area (Å²) >= 11 is 3.89. The van der Waals surface area contributed by atoms with Crippen molar-refractivity contribution in [1.29, 1.82) is 0 Å². The highest BCUT2D eigenvalue weighted by molar-refractivity contribution is 7.80. The van der Waals surface area contributed by atoms with Crippen molar-refractivity contribution in [2.45, 2.75) is 18.5 Å². The predicted octanol–water partition coefficient (Wildman–Crippen LogP) is -0.0465. The van der Waals surface area contributed by atoms with Crippen molar-refractivity contribution >= 4 is 24.5 Å². The average molecular weight is 314 g/mol. The Balaban J connectivity index is 2.73. The molecule has 8 heteroatoms. The van der Waals surface area contributed by atoms with Gasteiger partial charge >= 0.3 is 5.97 Å². The summed E-state index contributed by atoms with van der Waals surface area (Å²) in [6, 6.07) is 4.51. The summed E-state index contributed by atoms with van der Waals surface area (Å²) in [6.45, 7) is 0. The van der Waals surface area contributed by atoms with Crippen LogP contribution in [-0.4, -0.2) is 47.0 Å². The van der Waals surface area contributed by atoms with Gasteiger partial charge in [0.05, 0.1) is 7.11 Å². The van der Waals surface area contributed by atoms with Gasteiger partial charge in [-0.25, -0.2) is 4.79 Å². The maximum atomic E-state index is 12.1. The molecule has 0 radical (unpaired) electrons. The van der Waals surface area contributed by atoms with E-state index >= 15 is 0 Å². The average Bonchev–Trinajstić information content (AvgIpc) is 2.45. The van der Waals surface area contributed by atoms with E-state index in [4.69, 9.17) is 9.94 Å². The lowest BCUT2D eigenvalue weighted by atomic mass is 10.1. The van der Waals surface area contributed by atoms with Crippen molar-refractivity contribution in [3.05, 3.63) is 29.8 Å². The van der Waals surface area contributed by atoms with Gasteiger partial charge in [-0.05, 0) is 24.1 Å². The van der Waals surface area contributed by atoms with E-state index in [-0.39, 0.29) is 17.9 Å². The van der Waals surface area contributed by atoms with E-state index in [1.165, 1.54) is 19.2 Å². The molecule has 2 atom stereocenters. The Hall–Kier alpha value is -1.77. The molecule has 0 heterocycles. The van der Waals surface area contributed by atoms with Crippen LogP contribution in [0.15, 0.2) is 24.3 Å². The molecule has 0 unspecified atom stereocenters. The first kappa shape index (κ1) is 17.3. The molecule has 1 aromatic rings. The number of hydroxylamine groups is 1. The second-order valence-corrected chi connectivity index (χ2v) is 4.69. The van der Waals surface area contributed by atoms with Gasteiger partial charge < -0.3 is 20.4 Å². The van der Waals surface area contributed by atoms with Gasteiger partial charge in [0.1, 0.15) is 17.8 Å². The fourth-order valence-corrected chi connectivity index (χ4v) is 1.90. The van der Waals surface area contributed by atoms with Crippen molar-refractivity contribution in [3.8, 4) is 5.75 Å². The zero-order valence-electron chi connectivity index (χ0n) is 11.4. The summed E-state index contributed by atoms with van der Waals surface area (Å²) in [5, 5.41) is 20.5. The Morgan fingerprint density at radius 1 is 1.29 bits per heavy atom. The minimum atomic E-state index is -1.15. The molecule has 0 fully saturated rings. The number of phenolic OH excluding ortho intramolecular Hbond substituents is 1. The van der Waals surface area contributed by atoms with E-state index in [0.29, 0.717) is 0 Å². The number of carbonyl (C=O) groups excluding carboxylic acids is 1. The third-order valence-electron chi connectivity index (χ3n) is 2.75. The Morgan fingerprint density at radius 2 is 1.90 bits per heavy atom. The van der Waals surface area contributed by atoms with Gasteiger partial charge in [-0.1, -0.05) is 12.1 Å². The topological polar surface area (TPSA) is 108 Å². The molecule has 0 spiro atoms. The second-order valence-electron chi connectivity index (χ2n) is 4.33. The van der Waals surface area contributed by atoms with Crippen LogP contribution >= 0.6 is 12.6 Å². The molecular formula is C13H18N2O5S. The Kier molecular flexibility index (Phi) is 7.00. The van der Waals surface area contributed by atoms with Gasteiger partial charge in [0.2, 0.25) is 5.91 Å². The normalized spacial score (nSPS) is 13.4. The second kappa shape index (κ2) is 8.50. The quantitative estimate of drug-likeness (QED) is 0.340. The highest BCUT2D eigenvalue weighted by Gasteiger charge is 2.24. The summed E-state index contributed by atoms with van der Waals surface area (Å²) in [4.78, 5) is 27.7. The lowest BCUT2D eigenvalue weighted by Crippen LogP contribution is -2.51. The maximum absolute atomic E-state index is 12.1. The molecule has 4 N–H and O–H groups in total. The third-order valence-corrected chi connectivity index (χ3v) is 3.12. The molecule has 21 heavy (non-hydrogen) atoms. The zero-order valence-corrected chi connectivity index (χ0v) is 12.3. The Labute approximate surface area is 127 Å². The summed E-state index contributed by atoms with van der Waals surface area (Å²) in [6.07, 6.45) is 0.277. The monoisotopic (exact) mass is 314 g/mol. The number of hydrogen-bond acceptors (Lipinski definition) is 6. The molecule has 1 rings (SSSR count). The molecule has 1 aromatic carbocycles. The van der Waals surface area contributed by atoms with Gasteiger partial charge in [0.15, 0.2) is 0 Å². The van der Waals surface area contributed by atoms with Crippen LogP contribution in [0.5, 0.6) is 5.75 Å². The molecule has 0 aliphatic rings. The minimum absolute atomic E-state index is 0.0139. The number of rotatable bonds is 8. The number of aliphatic carboxylic acids is 1. The highest BCUT2D eigenvalue weighted by atomic mass is 32.1. The first-order valence-corrected chi connectivity index (χ1v) is 6.81. The highest BCUT2D eigenvalue weighted by Crippen LogP contribution is 2.11. The molecular weight excluding hydrogens is 296 g/mol. The summed E-state index contributed by atoms with van der Waals surface area (Å²) < 4.78 is 0. The fourth-order valence-electron chi connectivity index (χ4n) is 1.66. The molecule has 0 saturated heterocycles.